The Morgan fingerprint density at radius 1 is 1.35 bits per heavy atom. The summed E-state index contributed by atoms with van der Waals surface area (Å²) in [7, 11) is 1.36. The van der Waals surface area contributed by atoms with Gasteiger partial charge in [0.25, 0.3) is 0 Å². The molecule has 1 aliphatic carbocycles. The van der Waals surface area contributed by atoms with Crippen LogP contribution < -0.4 is 5.32 Å². The van der Waals surface area contributed by atoms with Gasteiger partial charge in [-0.15, -0.1) is 0 Å². The minimum Gasteiger partial charge on any atom is -0.464 e. The third-order valence-corrected chi connectivity index (χ3v) is 4.85. The maximum atomic E-state index is 13.0. The standard InChI is InChI=1S/C16H28N2O5/c1-5-23-15(20)13-10-6-7-11(8-10)18(13)14(19)12(9(2)3)17-16(21)22-4/h9-13,16-17,21H,5-8H2,1-4H3/t10?,11?,12-,13-,16?/m0/s1. The lowest BCUT2D eigenvalue weighted by Gasteiger charge is -2.37. The Morgan fingerprint density at radius 2 is 2.04 bits per heavy atom. The lowest BCUT2D eigenvalue weighted by atomic mass is 9.96. The highest BCUT2D eigenvalue weighted by Crippen LogP contribution is 2.43. The lowest BCUT2D eigenvalue weighted by molar-refractivity contribution is -0.160. The molecule has 2 N–H and O–H groups in total. The number of hydrogen-bond donors (Lipinski definition) is 2. The molecular weight excluding hydrogens is 300 g/mol. The number of fused-ring (bicyclic) bond motifs is 2. The second kappa shape index (κ2) is 7.59. The first kappa shape index (κ1) is 18.2. The molecule has 132 valence electrons. The van der Waals surface area contributed by atoms with E-state index in [4.69, 9.17) is 9.47 Å². The number of rotatable bonds is 7. The van der Waals surface area contributed by atoms with Gasteiger partial charge >= 0.3 is 5.97 Å². The zero-order valence-corrected chi connectivity index (χ0v) is 14.3. The Hall–Kier alpha value is -1.18. The number of likely N-dealkylation sites (tertiary alicyclic amines) is 1. The summed E-state index contributed by atoms with van der Waals surface area (Å²) in [5.41, 5.74) is 0. The molecule has 7 heteroatoms. The number of aliphatic hydroxyl groups excluding tert-OH is 1. The molecule has 0 spiro atoms. The van der Waals surface area contributed by atoms with Crippen molar-refractivity contribution in [3.63, 3.8) is 0 Å². The monoisotopic (exact) mass is 328 g/mol. The van der Waals surface area contributed by atoms with Crippen LogP contribution in [0.4, 0.5) is 0 Å². The Labute approximate surface area is 137 Å². The Balaban J connectivity index is 2.18. The second-order valence-corrected chi connectivity index (χ2v) is 6.65. The van der Waals surface area contributed by atoms with Crippen LogP contribution in [0.5, 0.6) is 0 Å². The van der Waals surface area contributed by atoms with Gasteiger partial charge in [-0.05, 0) is 38.0 Å². The van der Waals surface area contributed by atoms with Crippen molar-refractivity contribution in [2.45, 2.75) is 64.6 Å². The molecule has 5 atom stereocenters. The van der Waals surface area contributed by atoms with Crippen molar-refractivity contribution in [1.82, 2.24) is 10.2 Å². The number of aliphatic hydroxyl groups is 1. The molecule has 7 nitrogen and oxygen atoms in total. The number of hydrogen-bond acceptors (Lipinski definition) is 6. The number of nitrogens with one attached hydrogen (secondary N) is 1. The van der Waals surface area contributed by atoms with Gasteiger partial charge in [0, 0.05) is 13.2 Å². The summed E-state index contributed by atoms with van der Waals surface area (Å²) in [6, 6.07) is -1.02. The van der Waals surface area contributed by atoms with E-state index >= 15 is 0 Å². The third kappa shape index (κ3) is 3.67. The highest BCUT2D eigenvalue weighted by atomic mass is 16.6. The maximum absolute atomic E-state index is 13.0. The molecule has 3 unspecified atom stereocenters. The van der Waals surface area contributed by atoms with Crippen molar-refractivity contribution >= 4 is 11.9 Å². The number of methoxy groups -OCH3 is 1. The first-order valence-corrected chi connectivity index (χ1v) is 8.36. The van der Waals surface area contributed by atoms with Crippen molar-refractivity contribution in [2.24, 2.45) is 11.8 Å². The molecule has 1 aliphatic heterocycles. The molecule has 2 aliphatic rings. The molecule has 2 fully saturated rings. The van der Waals surface area contributed by atoms with E-state index in [1.165, 1.54) is 7.11 Å². The minimum absolute atomic E-state index is 0.0470. The number of amides is 1. The van der Waals surface area contributed by atoms with E-state index in [0.717, 1.165) is 19.3 Å². The van der Waals surface area contributed by atoms with Crippen LogP contribution in [0.1, 0.15) is 40.0 Å². The van der Waals surface area contributed by atoms with Crippen LogP contribution in [-0.4, -0.2) is 60.1 Å². The molecule has 23 heavy (non-hydrogen) atoms. The molecule has 0 aromatic carbocycles. The van der Waals surface area contributed by atoms with Crippen molar-refractivity contribution in [1.29, 1.82) is 0 Å². The van der Waals surface area contributed by atoms with Crippen LogP contribution in [0.2, 0.25) is 0 Å². The predicted octanol–water partition coefficient (Wildman–Crippen LogP) is 0.466. The van der Waals surface area contributed by atoms with Crippen molar-refractivity contribution in [3.05, 3.63) is 0 Å². The number of carbonyl (C=O) groups excluding carboxylic acids is 2. The molecule has 0 aromatic heterocycles. The number of ether oxygens (including phenoxy) is 2. The van der Waals surface area contributed by atoms with Crippen LogP contribution in [0.25, 0.3) is 0 Å². The molecule has 1 saturated carbocycles. The number of nitrogens with zero attached hydrogens (tertiary/aromatic N) is 1. The van der Waals surface area contributed by atoms with Crippen LogP contribution in [0, 0.1) is 11.8 Å². The molecule has 1 amide bonds. The molecule has 2 bridgehead atoms. The van der Waals surface area contributed by atoms with Gasteiger partial charge in [-0.25, -0.2) is 4.79 Å². The summed E-state index contributed by atoms with van der Waals surface area (Å²) >= 11 is 0. The molecule has 0 radical (unpaired) electrons. The summed E-state index contributed by atoms with van der Waals surface area (Å²) in [5.74, 6) is -0.346. The molecule has 1 heterocycles. The molecule has 2 rings (SSSR count). The largest absolute Gasteiger partial charge is 0.464 e. The van der Waals surface area contributed by atoms with Gasteiger partial charge in [0.15, 0.2) is 0 Å². The predicted molar refractivity (Wildman–Crippen MR) is 83.2 cm³/mol. The van der Waals surface area contributed by atoms with Crippen LogP contribution in [0.3, 0.4) is 0 Å². The van der Waals surface area contributed by atoms with Gasteiger partial charge in [0.05, 0.1) is 12.6 Å². The minimum atomic E-state index is -1.22. The fraction of sp³-hybridized carbons (Fsp3) is 0.875. The van der Waals surface area contributed by atoms with Gasteiger partial charge < -0.3 is 19.5 Å². The average molecular weight is 328 g/mol. The number of carbonyl (C=O) groups is 2. The fourth-order valence-electron chi connectivity index (χ4n) is 3.77. The zero-order valence-electron chi connectivity index (χ0n) is 14.3. The second-order valence-electron chi connectivity index (χ2n) is 6.65. The topological polar surface area (TPSA) is 88.1 Å². The summed E-state index contributed by atoms with van der Waals surface area (Å²) < 4.78 is 9.97. The van der Waals surface area contributed by atoms with E-state index in [0.29, 0.717) is 6.61 Å². The highest BCUT2D eigenvalue weighted by Gasteiger charge is 2.53. The third-order valence-electron chi connectivity index (χ3n) is 4.85. The molecule has 0 aromatic rings. The van der Waals surface area contributed by atoms with Crippen molar-refractivity contribution in [3.8, 4) is 0 Å². The lowest BCUT2D eigenvalue weighted by Crippen LogP contribution is -2.58. The summed E-state index contributed by atoms with van der Waals surface area (Å²) in [5, 5.41) is 12.4. The number of piperidine rings is 1. The van der Waals surface area contributed by atoms with Gasteiger partial charge in [-0.3, -0.25) is 10.1 Å². The highest BCUT2D eigenvalue weighted by molar-refractivity contribution is 5.89. The Morgan fingerprint density at radius 3 is 2.61 bits per heavy atom. The van der Waals surface area contributed by atoms with E-state index in [1.807, 2.05) is 13.8 Å². The normalized spacial score (nSPS) is 29.0. The number of esters is 1. The van der Waals surface area contributed by atoms with Gasteiger partial charge in [0.1, 0.15) is 6.04 Å². The van der Waals surface area contributed by atoms with Crippen molar-refractivity contribution < 1.29 is 24.2 Å². The first-order chi connectivity index (χ1) is 10.9. The Kier molecular flexibility index (Phi) is 6.00. The van der Waals surface area contributed by atoms with Crippen molar-refractivity contribution in [2.75, 3.05) is 13.7 Å². The Bertz CT molecular complexity index is 442. The van der Waals surface area contributed by atoms with E-state index in [-0.39, 0.29) is 29.8 Å². The van der Waals surface area contributed by atoms with E-state index < -0.39 is 18.5 Å². The van der Waals surface area contributed by atoms with E-state index in [9.17, 15) is 14.7 Å². The zero-order chi connectivity index (χ0) is 17.1. The molecular formula is C16H28N2O5. The van der Waals surface area contributed by atoms with Crippen LogP contribution in [-0.2, 0) is 19.1 Å². The maximum Gasteiger partial charge on any atom is 0.329 e. The van der Waals surface area contributed by atoms with Gasteiger partial charge in [0.2, 0.25) is 12.3 Å². The smallest absolute Gasteiger partial charge is 0.329 e. The first-order valence-electron chi connectivity index (χ1n) is 8.36. The summed E-state index contributed by atoms with van der Waals surface area (Å²) in [4.78, 5) is 27.0. The quantitative estimate of drug-likeness (QED) is 0.522. The van der Waals surface area contributed by atoms with E-state index in [1.54, 1.807) is 11.8 Å². The van der Waals surface area contributed by atoms with Crippen LogP contribution in [0.15, 0.2) is 0 Å². The van der Waals surface area contributed by atoms with Crippen LogP contribution >= 0.6 is 0 Å². The summed E-state index contributed by atoms with van der Waals surface area (Å²) in [6.45, 7) is 5.87. The SMILES string of the molecule is CCOC(=O)[C@@H]1C2CCC(C2)N1C(=O)[C@@H](NC(O)OC)C(C)C. The van der Waals surface area contributed by atoms with Gasteiger partial charge in [-0.2, -0.15) is 0 Å². The van der Waals surface area contributed by atoms with E-state index in [2.05, 4.69) is 5.32 Å². The molecule has 1 saturated heterocycles. The summed E-state index contributed by atoms with van der Waals surface area (Å²) in [6.07, 6.45) is 1.52. The fourth-order valence-corrected chi connectivity index (χ4v) is 3.77. The van der Waals surface area contributed by atoms with Gasteiger partial charge in [-0.1, -0.05) is 13.8 Å². The average Bonchev–Trinajstić information content (AvgIpc) is 3.12.